The molecular formula is C21H19F2N3O5. The van der Waals surface area contributed by atoms with Gasteiger partial charge in [-0.25, -0.2) is 8.78 Å². The molecule has 2 bridgehead atoms. The van der Waals surface area contributed by atoms with Crippen molar-refractivity contribution in [2.45, 2.75) is 50.7 Å². The highest BCUT2D eigenvalue weighted by Crippen LogP contribution is 2.38. The molecule has 10 heteroatoms. The molecule has 162 valence electrons. The number of hydrogen-bond acceptors (Lipinski definition) is 5. The summed E-state index contributed by atoms with van der Waals surface area (Å²) in [5.74, 6) is -4.35. The summed E-state index contributed by atoms with van der Waals surface area (Å²) in [6, 6.07) is 3.56. The van der Waals surface area contributed by atoms with Crippen molar-refractivity contribution in [3.63, 3.8) is 0 Å². The summed E-state index contributed by atoms with van der Waals surface area (Å²) in [4.78, 5) is 39.8. The molecule has 1 saturated heterocycles. The van der Waals surface area contributed by atoms with E-state index in [1.807, 2.05) is 0 Å². The first-order valence-electron chi connectivity index (χ1n) is 10.0. The van der Waals surface area contributed by atoms with Gasteiger partial charge in [0.1, 0.15) is 5.56 Å². The van der Waals surface area contributed by atoms with Crippen LogP contribution in [0.4, 0.5) is 8.78 Å². The summed E-state index contributed by atoms with van der Waals surface area (Å²) in [6.07, 6.45) is 3.10. The number of rotatable bonds is 3. The van der Waals surface area contributed by atoms with Gasteiger partial charge in [0.15, 0.2) is 29.3 Å². The molecule has 1 aromatic heterocycles. The third-order valence-corrected chi connectivity index (χ3v) is 6.17. The molecule has 0 radical (unpaired) electrons. The number of hydrogen-bond donors (Lipinski definition) is 2. The molecule has 0 spiro atoms. The number of pyridine rings is 1. The zero-order chi connectivity index (χ0) is 21.9. The average molecular weight is 431 g/mol. The molecule has 1 aromatic carbocycles. The number of amides is 2. The van der Waals surface area contributed by atoms with Gasteiger partial charge in [0.05, 0.1) is 12.6 Å². The van der Waals surface area contributed by atoms with Gasteiger partial charge in [0.2, 0.25) is 5.43 Å². The summed E-state index contributed by atoms with van der Waals surface area (Å²) in [7, 11) is 0. The lowest BCUT2D eigenvalue weighted by Gasteiger charge is -2.44. The van der Waals surface area contributed by atoms with Crippen LogP contribution in [0, 0.1) is 11.6 Å². The van der Waals surface area contributed by atoms with Crippen LogP contribution in [0.25, 0.3) is 0 Å². The molecule has 5 rings (SSSR count). The summed E-state index contributed by atoms with van der Waals surface area (Å²) in [6.45, 7) is -0.188. The van der Waals surface area contributed by atoms with E-state index in [1.54, 1.807) is 4.90 Å². The van der Waals surface area contributed by atoms with Gasteiger partial charge in [-0.15, -0.1) is 0 Å². The second-order valence-electron chi connectivity index (χ2n) is 8.01. The Morgan fingerprint density at radius 3 is 2.87 bits per heavy atom. The third kappa shape index (κ3) is 3.09. The summed E-state index contributed by atoms with van der Waals surface area (Å²) in [5, 5.41) is 12.8. The summed E-state index contributed by atoms with van der Waals surface area (Å²) < 4.78 is 34.5. The number of nitrogens with zero attached hydrogens (tertiary/aromatic N) is 2. The molecule has 3 atom stereocenters. The number of aromatic nitrogens is 1. The van der Waals surface area contributed by atoms with Crippen LogP contribution in [0.3, 0.4) is 0 Å². The Morgan fingerprint density at radius 1 is 1.26 bits per heavy atom. The monoisotopic (exact) mass is 431 g/mol. The van der Waals surface area contributed by atoms with Gasteiger partial charge >= 0.3 is 0 Å². The van der Waals surface area contributed by atoms with Crippen LogP contribution in [0.1, 0.15) is 45.7 Å². The van der Waals surface area contributed by atoms with Crippen molar-refractivity contribution >= 4 is 11.8 Å². The lowest BCUT2D eigenvalue weighted by Crippen LogP contribution is -2.57. The first-order valence-corrected chi connectivity index (χ1v) is 10.0. The highest BCUT2D eigenvalue weighted by atomic mass is 19.2. The second-order valence-corrected chi connectivity index (χ2v) is 8.01. The standard InChI is InChI=1S/C21H19F2N3O5/c22-14-3-1-2-10(16(14)23)7-24-20(29)13-8-25-9-15-26(11-4-5-12(6-11)31-15)21(30)17(25)19(28)18(13)27/h1-3,8,11-12,15,28H,4-7,9H2,(H,24,29). The van der Waals surface area contributed by atoms with Gasteiger partial charge in [0, 0.05) is 24.3 Å². The number of nitrogens with one attached hydrogen (secondary N) is 1. The molecule has 3 unspecified atom stereocenters. The molecule has 2 fully saturated rings. The predicted molar refractivity (Wildman–Crippen MR) is 102 cm³/mol. The molecular weight excluding hydrogens is 412 g/mol. The first kappa shape index (κ1) is 19.7. The van der Waals surface area contributed by atoms with Crippen LogP contribution >= 0.6 is 0 Å². The van der Waals surface area contributed by atoms with Crippen LogP contribution in [0.5, 0.6) is 5.75 Å². The molecule has 31 heavy (non-hydrogen) atoms. The van der Waals surface area contributed by atoms with Crippen LogP contribution in [-0.2, 0) is 17.8 Å². The number of ether oxygens (including phenoxy) is 1. The molecule has 2 aliphatic heterocycles. The number of carbonyl (C=O) groups excluding carboxylic acids is 2. The van der Waals surface area contributed by atoms with Gasteiger partial charge in [-0.1, -0.05) is 12.1 Å². The van der Waals surface area contributed by atoms with Gasteiger partial charge in [-0.05, 0) is 25.3 Å². The summed E-state index contributed by atoms with van der Waals surface area (Å²) >= 11 is 0. The van der Waals surface area contributed by atoms with E-state index < -0.39 is 46.4 Å². The van der Waals surface area contributed by atoms with E-state index in [1.165, 1.54) is 22.9 Å². The molecule has 3 heterocycles. The largest absolute Gasteiger partial charge is 0.503 e. The Bertz CT molecular complexity index is 1160. The quantitative estimate of drug-likeness (QED) is 0.767. The molecule has 2 amide bonds. The van der Waals surface area contributed by atoms with Crippen molar-refractivity contribution in [3.05, 3.63) is 63.1 Å². The predicted octanol–water partition coefficient (Wildman–Crippen LogP) is 1.50. The molecule has 2 aromatic rings. The average Bonchev–Trinajstić information content (AvgIpc) is 3.12. The second kappa shape index (κ2) is 7.16. The lowest BCUT2D eigenvalue weighted by molar-refractivity contribution is -0.132. The van der Waals surface area contributed by atoms with Crippen LogP contribution in [0.2, 0.25) is 0 Å². The fourth-order valence-electron chi connectivity index (χ4n) is 4.67. The zero-order valence-electron chi connectivity index (χ0n) is 16.3. The van der Waals surface area contributed by atoms with Gasteiger partial charge in [0.25, 0.3) is 11.8 Å². The Kier molecular flexibility index (Phi) is 4.54. The zero-order valence-corrected chi connectivity index (χ0v) is 16.3. The number of fused-ring (bicyclic) bond motifs is 5. The van der Waals surface area contributed by atoms with E-state index in [9.17, 15) is 28.3 Å². The minimum atomic E-state index is -1.09. The molecule has 2 N–H and O–H groups in total. The lowest BCUT2D eigenvalue weighted by atomic mass is 10.1. The normalized spacial score (nSPS) is 24.0. The van der Waals surface area contributed by atoms with Crippen molar-refractivity contribution < 1.29 is 28.2 Å². The summed E-state index contributed by atoms with van der Waals surface area (Å²) in [5.41, 5.74) is -1.67. The molecule has 3 aliphatic rings. The SMILES string of the molecule is O=C(NCc1cccc(F)c1F)c1cn2c(c(O)c1=O)C(=O)N1C3CCC(C3)OC1C2. The number of carbonyl (C=O) groups is 2. The maximum atomic E-state index is 13.8. The van der Waals surface area contributed by atoms with E-state index in [0.29, 0.717) is 0 Å². The van der Waals surface area contributed by atoms with E-state index >= 15 is 0 Å². The molecule has 1 saturated carbocycles. The van der Waals surface area contributed by atoms with Crippen molar-refractivity contribution in [2.75, 3.05) is 0 Å². The minimum Gasteiger partial charge on any atom is -0.503 e. The van der Waals surface area contributed by atoms with Gasteiger partial charge in [-0.3, -0.25) is 14.4 Å². The minimum absolute atomic E-state index is 0.00337. The third-order valence-electron chi connectivity index (χ3n) is 6.17. The van der Waals surface area contributed by atoms with Gasteiger partial charge in [-0.2, -0.15) is 0 Å². The maximum Gasteiger partial charge on any atom is 0.276 e. The van der Waals surface area contributed by atoms with Crippen molar-refractivity contribution in [3.8, 4) is 5.75 Å². The Hall–Kier alpha value is -3.27. The van der Waals surface area contributed by atoms with Crippen molar-refractivity contribution in [1.82, 2.24) is 14.8 Å². The smallest absolute Gasteiger partial charge is 0.276 e. The topological polar surface area (TPSA) is 101 Å². The van der Waals surface area contributed by atoms with E-state index in [2.05, 4.69) is 5.32 Å². The maximum absolute atomic E-state index is 13.8. The van der Waals surface area contributed by atoms with Crippen LogP contribution in [0.15, 0.2) is 29.2 Å². The van der Waals surface area contributed by atoms with E-state index in [0.717, 1.165) is 25.3 Å². The van der Waals surface area contributed by atoms with Crippen molar-refractivity contribution in [2.24, 2.45) is 0 Å². The highest BCUT2D eigenvalue weighted by Gasteiger charge is 2.47. The fourth-order valence-corrected chi connectivity index (χ4v) is 4.67. The van der Waals surface area contributed by atoms with Crippen LogP contribution in [-0.4, -0.2) is 44.8 Å². The highest BCUT2D eigenvalue weighted by molar-refractivity contribution is 5.99. The number of halogens is 2. The van der Waals surface area contributed by atoms with E-state index in [4.69, 9.17) is 4.74 Å². The Balaban J connectivity index is 1.44. The first-order chi connectivity index (χ1) is 14.8. The molecule has 1 aliphatic carbocycles. The Morgan fingerprint density at radius 2 is 2.06 bits per heavy atom. The Labute approximate surface area is 175 Å². The number of aromatic hydroxyl groups is 1. The van der Waals surface area contributed by atoms with Gasteiger partial charge < -0.3 is 24.6 Å². The van der Waals surface area contributed by atoms with E-state index in [-0.39, 0.29) is 36.5 Å². The molecule has 8 nitrogen and oxygen atoms in total. The fraction of sp³-hybridized carbons (Fsp3) is 0.381. The van der Waals surface area contributed by atoms with Crippen molar-refractivity contribution in [1.29, 1.82) is 0 Å². The number of benzene rings is 1. The van der Waals surface area contributed by atoms with Crippen LogP contribution < -0.4 is 10.7 Å².